The number of benzene rings is 1. The molecular weight excluding hydrogens is 216 g/mol. The lowest BCUT2D eigenvalue weighted by Crippen LogP contribution is -2.10. The molecule has 0 atom stereocenters. The van der Waals surface area contributed by atoms with Crippen LogP contribution in [0.3, 0.4) is 0 Å². The molecule has 2 aromatic rings. The van der Waals surface area contributed by atoms with Gasteiger partial charge in [0, 0.05) is 12.1 Å². The fraction of sp³-hybridized carbons (Fsp3) is 0.250. The molecule has 0 saturated heterocycles. The Hall–Kier alpha value is -2.01. The fourth-order valence-electron chi connectivity index (χ4n) is 1.61. The minimum Gasteiger partial charge on any atom is -0.329 e. The second-order valence-electron chi connectivity index (χ2n) is 3.80. The van der Waals surface area contributed by atoms with Crippen molar-refractivity contribution in [3.63, 3.8) is 0 Å². The third-order valence-electron chi connectivity index (χ3n) is 2.52. The van der Waals surface area contributed by atoms with Gasteiger partial charge in [0.05, 0.1) is 12.7 Å². The Morgan fingerprint density at radius 2 is 2.18 bits per heavy atom. The Bertz CT molecular complexity index is 533. The zero-order valence-corrected chi connectivity index (χ0v) is 9.63. The van der Waals surface area contributed by atoms with Crippen molar-refractivity contribution in [1.82, 2.24) is 15.0 Å². The number of nitrogens with zero attached hydrogens (tertiary/aromatic N) is 3. The summed E-state index contributed by atoms with van der Waals surface area (Å²) in [5, 5.41) is 7.71. The van der Waals surface area contributed by atoms with Gasteiger partial charge in [-0.2, -0.15) is 0 Å². The van der Waals surface area contributed by atoms with Gasteiger partial charge in [0.1, 0.15) is 0 Å². The van der Waals surface area contributed by atoms with E-state index in [2.05, 4.69) is 10.3 Å². The van der Waals surface area contributed by atoms with E-state index in [9.17, 15) is 4.79 Å². The van der Waals surface area contributed by atoms with Gasteiger partial charge in [0.15, 0.2) is 5.69 Å². The zero-order valence-electron chi connectivity index (χ0n) is 9.63. The van der Waals surface area contributed by atoms with Crippen LogP contribution in [0.5, 0.6) is 0 Å². The van der Waals surface area contributed by atoms with E-state index in [1.165, 1.54) is 0 Å². The minimum absolute atomic E-state index is 0.105. The van der Waals surface area contributed by atoms with E-state index in [1.54, 1.807) is 16.9 Å². The van der Waals surface area contributed by atoms with E-state index in [1.807, 2.05) is 25.1 Å². The topological polar surface area (TPSA) is 73.8 Å². The first-order valence-electron chi connectivity index (χ1n) is 5.43. The number of ketones is 1. The van der Waals surface area contributed by atoms with E-state index in [0.29, 0.717) is 24.3 Å². The molecule has 5 nitrogen and oxygen atoms in total. The third-order valence-corrected chi connectivity index (χ3v) is 2.52. The molecule has 2 rings (SSSR count). The molecule has 0 radical (unpaired) electrons. The Morgan fingerprint density at radius 1 is 1.41 bits per heavy atom. The van der Waals surface area contributed by atoms with Crippen LogP contribution in [0.25, 0.3) is 0 Å². The molecule has 0 aliphatic heterocycles. The second kappa shape index (κ2) is 4.88. The molecule has 0 aliphatic rings. The first-order valence-corrected chi connectivity index (χ1v) is 5.43. The van der Waals surface area contributed by atoms with Crippen LogP contribution in [0.4, 0.5) is 0 Å². The van der Waals surface area contributed by atoms with Crippen LogP contribution in [0.2, 0.25) is 0 Å². The number of rotatable bonds is 4. The van der Waals surface area contributed by atoms with Crippen molar-refractivity contribution in [3.8, 4) is 0 Å². The van der Waals surface area contributed by atoms with Crippen molar-refractivity contribution in [2.24, 2.45) is 5.73 Å². The summed E-state index contributed by atoms with van der Waals surface area (Å²) >= 11 is 0. The lowest BCUT2D eigenvalue weighted by atomic mass is 10.0. The Kier molecular flexibility index (Phi) is 3.30. The van der Waals surface area contributed by atoms with Crippen LogP contribution in [0, 0.1) is 6.92 Å². The van der Waals surface area contributed by atoms with E-state index in [0.717, 1.165) is 5.56 Å². The monoisotopic (exact) mass is 230 g/mol. The predicted octanol–water partition coefficient (Wildman–Crippen LogP) is 0.776. The molecule has 5 heteroatoms. The number of carbonyl (C=O) groups is 1. The van der Waals surface area contributed by atoms with E-state index < -0.39 is 0 Å². The summed E-state index contributed by atoms with van der Waals surface area (Å²) in [5.41, 5.74) is 7.36. The van der Waals surface area contributed by atoms with Gasteiger partial charge in [-0.3, -0.25) is 9.48 Å². The lowest BCUT2D eigenvalue weighted by molar-refractivity contribution is 0.103. The zero-order chi connectivity index (χ0) is 12.3. The summed E-state index contributed by atoms with van der Waals surface area (Å²) in [7, 11) is 0. The van der Waals surface area contributed by atoms with E-state index >= 15 is 0 Å². The molecule has 0 spiro atoms. The maximum absolute atomic E-state index is 12.1. The van der Waals surface area contributed by atoms with Gasteiger partial charge >= 0.3 is 0 Å². The SMILES string of the molecule is Cc1ccccc1C(=O)c1cn(CCN)nn1. The average Bonchev–Trinajstić information content (AvgIpc) is 2.78. The maximum Gasteiger partial charge on any atom is 0.215 e. The van der Waals surface area contributed by atoms with Crippen LogP contribution >= 0.6 is 0 Å². The lowest BCUT2D eigenvalue weighted by Gasteiger charge is -2.00. The van der Waals surface area contributed by atoms with Gasteiger partial charge in [0.2, 0.25) is 5.78 Å². The quantitative estimate of drug-likeness (QED) is 0.787. The molecule has 1 aromatic carbocycles. The number of aryl methyl sites for hydroxylation is 1. The highest BCUT2D eigenvalue weighted by atomic mass is 16.1. The average molecular weight is 230 g/mol. The molecule has 1 heterocycles. The molecule has 88 valence electrons. The summed E-state index contributed by atoms with van der Waals surface area (Å²) in [6.45, 7) is 2.94. The van der Waals surface area contributed by atoms with Crippen LogP contribution in [-0.2, 0) is 6.54 Å². The molecule has 2 N–H and O–H groups in total. The van der Waals surface area contributed by atoms with Gasteiger partial charge in [-0.1, -0.05) is 29.5 Å². The number of aromatic nitrogens is 3. The van der Waals surface area contributed by atoms with Gasteiger partial charge in [-0.25, -0.2) is 0 Å². The van der Waals surface area contributed by atoms with Crippen molar-refractivity contribution >= 4 is 5.78 Å². The minimum atomic E-state index is -0.105. The highest BCUT2D eigenvalue weighted by molar-refractivity contribution is 6.08. The molecule has 0 fully saturated rings. The number of nitrogens with two attached hydrogens (primary N) is 1. The largest absolute Gasteiger partial charge is 0.329 e. The normalized spacial score (nSPS) is 10.5. The van der Waals surface area contributed by atoms with Crippen molar-refractivity contribution in [3.05, 3.63) is 47.3 Å². The summed E-state index contributed by atoms with van der Waals surface area (Å²) in [4.78, 5) is 12.1. The molecule has 0 aliphatic carbocycles. The van der Waals surface area contributed by atoms with Crippen LogP contribution < -0.4 is 5.73 Å². The highest BCUT2D eigenvalue weighted by Crippen LogP contribution is 2.11. The molecule has 0 bridgehead atoms. The molecule has 17 heavy (non-hydrogen) atoms. The summed E-state index contributed by atoms with van der Waals surface area (Å²) < 4.78 is 1.57. The van der Waals surface area contributed by atoms with Gasteiger partial charge in [-0.05, 0) is 12.5 Å². The standard InChI is InChI=1S/C12H14N4O/c1-9-4-2-3-5-10(9)12(17)11-8-16(7-6-13)15-14-11/h2-5,8H,6-7,13H2,1H3. The smallest absolute Gasteiger partial charge is 0.215 e. The Morgan fingerprint density at radius 3 is 2.88 bits per heavy atom. The second-order valence-corrected chi connectivity index (χ2v) is 3.80. The summed E-state index contributed by atoms with van der Waals surface area (Å²) in [6.07, 6.45) is 1.63. The molecular formula is C12H14N4O. The van der Waals surface area contributed by atoms with E-state index in [-0.39, 0.29) is 5.78 Å². The molecule has 1 aromatic heterocycles. The van der Waals surface area contributed by atoms with Gasteiger partial charge in [0.25, 0.3) is 0 Å². The van der Waals surface area contributed by atoms with Crippen molar-refractivity contribution in [2.75, 3.05) is 6.54 Å². The summed E-state index contributed by atoms with van der Waals surface area (Å²) in [5.74, 6) is -0.105. The van der Waals surface area contributed by atoms with Crippen LogP contribution in [-0.4, -0.2) is 27.3 Å². The van der Waals surface area contributed by atoms with Crippen LogP contribution in [0.1, 0.15) is 21.6 Å². The maximum atomic E-state index is 12.1. The number of carbonyl (C=O) groups excluding carboxylic acids is 1. The molecule has 0 unspecified atom stereocenters. The first kappa shape index (κ1) is 11.5. The number of hydrogen-bond acceptors (Lipinski definition) is 4. The van der Waals surface area contributed by atoms with Crippen molar-refractivity contribution in [1.29, 1.82) is 0 Å². The highest BCUT2D eigenvalue weighted by Gasteiger charge is 2.14. The van der Waals surface area contributed by atoms with Crippen LogP contribution in [0.15, 0.2) is 30.5 Å². The van der Waals surface area contributed by atoms with E-state index in [4.69, 9.17) is 5.73 Å². The molecule has 0 amide bonds. The van der Waals surface area contributed by atoms with Gasteiger partial charge in [-0.15, -0.1) is 5.10 Å². The Labute approximate surface area is 99.2 Å². The van der Waals surface area contributed by atoms with Gasteiger partial charge < -0.3 is 5.73 Å². The fourth-order valence-corrected chi connectivity index (χ4v) is 1.61. The first-order chi connectivity index (χ1) is 8.22. The summed E-state index contributed by atoms with van der Waals surface area (Å²) in [6, 6.07) is 7.43. The molecule has 0 saturated carbocycles. The Balaban J connectivity index is 2.28. The number of hydrogen-bond donors (Lipinski definition) is 1. The predicted molar refractivity (Wildman–Crippen MR) is 63.7 cm³/mol. The van der Waals surface area contributed by atoms with Crippen molar-refractivity contribution < 1.29 is 4.79 Å². The van der Waals surface area contributed by atoms with Crippen molar-refractivity contribution in [2.45, 2.75) is 13.5 Å². The third kappa shape index (κ3) is 2.39.